The van der Waals surface area contributed by atoms with E-state index in [4.69, 9.17) is 4.74 Å². The number of carbonyl (C=O) groups is 1. The third kappa shape index (κ3) is 1.26. The van der Waals surface area contributed by atoms with Gasteiger partial charge in [-0.2, -0.15) is 0 Å². The molecular weight excluding hydrogens is 172 g/mol. The average molecular weight is 184 g/mol. The molecule has 3 heteroatoms. The van der Waals surface area contributed by atoms with Crippen molar-refractivity contribution in [3.63, 3.8) is 0 Å². The maximum Gasteiger partial charge on any atom is 0.173 e. The first-order valence-corrected chi connectivity index (χ1v) is 5.09. The van der Waals surface area contributed by atoms with Crippen LogP contribution in [0, 0.1) is 5.41 Å². The summed E-state index contributed by atoms with van der Waals surface area (Å²) in [5.41, 5.74) is 1.07. The summed E-state index contributed by atoms with van der Waals surface area (Å²) in [6, 6.07) is 0. The van der Waals surface area contributed by atoms with Crippen LogP contribution in [0.15, 0.2) is 10.7 Å². The van der Waals surface area contributed by atoms with Crippen LogP contribution >= 0.6 is 11.8 Å². The number of hydrogen-bond acceptors (Lipinski definition) is 3. The van der Waals surface area contributed by atoms with Gasteiger partial charge in [-0.15, -0.1) is 0 Å². The van der Waals surface area contributed by atoms with Crippen molar-refractivity contribution >= 4 is 17.5 Å². The molecule has 0 spiro atoms. The van der Waals surface area contributed by atoms with E-state index < -0.39 is 0 Å². The second kappa shape index (κ2) is 2.52. The number of allylic oxidation sites excluding steroid dienone is 1. The largest absolute Gasteiger partial charge is 0.486 e. The highest BCUT2D eigenvalue weighted by atomic mass is 32.2. The van der Waals surface area contributed by atoms with Gasteiger partial charge in [0.1, 0.15) is 0 Å². The Kier molecular flexibility index (Phi) is 1.72. The molecule has 0 aromatic carbocycles. The average Bonchev–Trinajstić information content (AvgIpc) is 2.31. The molecule has 0 aliphatic carbocycles. The topological polar surface area (TPSA) is 26.3 Å². The smallest absolute Gasteiger partial charge is 0.173 e. The highest BCUT2D eigenvalue weighted by Crippen LogP contribution is 2.41. The van der Waals surface area contributed by atoms with E-state index in [9.17, 15) is 4.79 Å². The zero-order chi connectivity index (χ0) is 8.77. The zero-order valence-electron chi connectivity index (χ0n) is 7.35. The van der Waals surface area contributed by atoms with Gasteiger partial charge in [0.25, 0.3) is 0 Å². The molecule has 0 amide bonds. The first-order chi connectivity index (χ1) is 5.58. The van der Waals surface area contributed by atoms with E-state index in [1.54, 1.807) is 11.8 Å². The van der Waals surface area contributed by atoms with Crippen LogP contribution in [-0.4, -0.2) is 18.1 Å². The molecular formula is C9H12O2S. The van der Waals surface area contributed by atoms with E-state index in [-0.39, 0.29) is 11.2 Å². The van der Waals surface area contributed by atoms with Crippen molar-refractivity contribution in [3.05, 3.63) is 10.7 Å². The van der Waals surface area contributed by atoms with Crippen molar-refractivity contribution < 1.29 is 9.53 Å². The van der Waals surface area contributed by atoms with Crippen molar-refractivity contribution in [2.75, 3.05) is 12.4 Å². The summed E-state index contributed by atoms with van der Waals surface area (Å²) in [5, 5.41) is 0.888. The number of carbonyl (C=O) groups excluding carboxylic acids is 1. The molecule has 0 atom stereocenters. The fourth-order valence-corrected chi connectivity index (χ4v) is 2.45. The number of rotatable bonds is 0. The maximum absolute atomic E-state index is 11.3. The first kappa shape index (κ1) is 8.17. The van der Waals surface area contributed by atoms with Gasteiger partial charge >= 0.3 is 0 Å². The predicted molar refractivity (Wildman–Crippen MR) is 48.8 cm³/mol. The van der Waals surface area contributed by atoms with Crippen molar-refractivity contribution in [1.29, 1.82) is 0 Å². The fourth-order valence-electron chi connectivity index (χ4n) is 1.51. The van der Waals surface area contributed by atoms with Gasteiger partial charge < -0.3 is 4.74 Å². The molecule has 0 aromatic rings. The summed E-state index contributed by atoms with van der Waals surface area (Å²) in [5.74, 6) is 0.851. The van der Waals surface area contributed by atoms with Gasteiger partial charge in [0, 0.05) is 11.0 Å². The van der Waals surface area contributed by atoms with Gasteiger partial charge in [-0.25, -0.2) is 0 Å². The standard InChI is InChI=1S/C9H12O2S/c1-9(2)3-6-7(10)4-12-8(6)11-5-9/h3-5H2,1-2H3. The van der Waals surface area contributed by atoms with Gasteiger partial charge in [-0.3, -0.25) is 4.79 Å². The molecule has 0 fully saturated rings. The Bertz CT molecular complexity index is 266. The molecule has 0 aromatic heterocycles. The van der Waals surface area contributed by atoms with Crippen LogP contribution in [0.1, 0.15) is 20.3 Å². The molecule has 2 nitrogen and oxygen atoms in total. The molecule has 0 radical (unpaired) electrons. The van der Waals surface area contributed by atoms with Gasteiger partial charge in [0.05, 0.1) is 12.4 Å². The minimum absolute atomic E-state index is 0.138. The minimum atomic E-state index is 0.138. The fraction of sp³-hybridized carbons (Fsp3) is 0.667. The second-order valence-corrected chi connectivity index (χ2v) is 5.06. The van der Waals surface area contributed by atoms with Crippen LogP contribution in [0.25, 0.3) is 0 Å². The van der Waals surface area contributed by atoms with Crippen LogP contribution in [0.5, 0.6) is 0 Å². The number of ketones is 1. The summed E-state index contributed by atoms with van der Waals surface area (Å²) in [7, 11) is 0. The maximum atomic E-state index is 11.3. The van der Waals surface area contributed by atoms with Crippen LogP contribution in [0.3, 0.4) is 0 Å². The molecule has 0 unspecified atom stereocenters. The summed E-state index contributed by atoms with van der Waals surface area (Å²) in [6.45, 7) is 5.01. The SMILES string of the molecule is CC1(C)COC2=C(C1)C(=O)CS2. The summed E-state index contributed by atoms with van der Waals surface area (Å²) in [6.07, 6.45) is 0.883. The molecule has 0 saturated carbocycles. The molecule has 12 heavy (non-hydrogen) atoms. The van der Waals surface area contributed by atoms with Crippen molar-refractivity contribution in [2.24, 2.45) is 5.41 Å². The van der Waals surface area contributed by atoms with Gasteiger partial charge in [0.15, 0.2) is 10.9 Å². The number of Topliss-reactive ketones (excluding diaryl/α,β-unsaturated/α-hetero) is 1. The Labute approximate surface area is 76.4 Å². The van der Waals surface area contributed by atoms with Crippen molar-refractivity contribution in [1.82, 2.24) is 0 Å². The highest BCUT2D eigenvalue weighted by molar-refractivity contribution is 8.04. The first-order valence-electron chi connectivity index (χ1n) is 4.10. The molecule has 2 heterocycles. The lowest BCUT2D eigenvalue weighted by atomic mass is 9.84. The van der Waals surface area contributed by atoms with Crippen molar-refractivity contribution in [3.8, 4) is 0 Å². The normalized spacial score (nSPS) is 27.0. The Morgan fingerprint density at radius 1 is 1.50 bits per heavy atom. The summed E-state index contributed by atoms with van der Waals surface area (Å²) < 4.78 is 5.51. The lowest BCUT2D eigenvalue weighted by Gasteiger charge is -2.29. The van der Waals surface area contributed by atoms with Crippen LogP contribution in [0.2, 0.25) is 0 Å². The zero-order valence-corrected chi connectivity index (χ0v) is 8.16. The van der Waals surface area contributed by atoms with E-state index in [1.165, 1.54) is 0 Å². The molecule has 2 aliphatic rings. The van der Waals surface area contributed by atoms with Gasteiger partial charge in [-0.1, -0.05) is 25.6 Å². The Morgan fingerprint density at radius 3 is 3.00 bits per heavy atom. The summed E-state index contributed by atoms with van der Waals surface area (Å²) in [4.78, 5) is 11.3. The van der Waals surface area contributed by atoms with Crippen LogP contribution in [-0.2, 0) is 9.53 Å². The van der Waals surface area contributed by atoms with E-state index >= 15 is 0 Å². The predicted octanol–water partition coefficient (Wildman–Crippen LogP) is 1.96. The third-order valence-electron chi connectivity index (χ3n) is 2.17. The minimum Gasteiger partial charge on any atom is -0.486 e. The number of ether oxygens (including phenoxy) is 1. The van der Waals surface area contributed by atoms with Crippen LogP contribution in [0.4, 0.5) is 0 Å². The molecule has 0 N–H and O–H groups in total. The molecule has 0 bridgehead atoms. The van der Waals surface area contributed by atoms with E-state index in [1.807, 2.05) is 0 Å². The van der Waals surface area contributed by atoms with Gasteiger partial charge in [-0.05, 0) is 6.42 Å². The Morgan fingerprint density at radius 2 is 2.25 bits per heavy atom. The molecule has 2 aliphatic heterocycles. The summed E-state index contributed by atoms with van der Waals surface area (Å²) >= 11 is 1.54. The van der Waals surface area contributed by atoms with E-state index in [2.05, 4.69) is 13.8 Å². The highest BCUT2D eigenvalue weighted by Gasteiger charge is 2.35. The monoisotopic (exact) mass is 184 g/mol. The lowest BCUT2D eigenvalue weighted by molar-refractivity contribution is -0.113. The molecule has 66 valence electrons. The number of hydrogen-bond donors (Lipinski definition) is 0. The van der Waals surface area contributed by atoms with Gasteiger partial charge in [0.2, 0.25) is 0 Å². The second-order valence-electron chi connectivity index (χ2n) is 4.11. The quantitative estimate of drug-likeness (QED) is 0.575. The Balaban J connectivity index is 2.27. The third-order valence-corrected chi connectivity index (χ3v) is 3.20. The van der Waals surface area contributed by atoms with Crippen molar-refractivity contribution in [2.45, 2.75) is 20.3 Å². The molecule has 2 rings (SSSR count). The number of thioether (sulfide) groups is 1. The lowest BCUT2D eigenvalue weighted by Crippen LogP contribution is -2.25. The van der Waals surface area contributed by atoms with Crippen LogP contribution < -0.4 is 0 Å². The Hall–Kier alpha value is -0.440. The van der Waals surface area contributed by atoms with E-state index in [0.717, 1.165) is 23.7 Å². The van der Waals surface area contributed by atoms with E-state index in [0.29, 0.717) is 5.75 Å². The molecule has 0 saturated heterocycles.